The van der Waals surface area contributed by atoms with Gasteiger partial charge in [-0.15, -0.1) is 0 Å². The maximum atomic E-state index is 13.2. The molecule has 1 unspecified atom stereocenters. The highest BCUT2D eigenvalue weighted by atomic mass is 32.2. The molecule has 3 rings (SSSR count). The van der Waals surface area contributed by atoms with E-state index in [1.165, 1.54) is 17.5 Å². The quantitative estimate of drug-likeness (QED) is 0.732. The van der Waals surface area contributed by atoms with Gasteiger partial charge < -0.3 is 15.8 Å². The van der Waals surface area contributed by atoms with Gasteiger partial charge >= 0.3 is 0 Å². The van der Waals surface area contributed by atoms with Gasteiger partial charge in [0.2, 0.25) is 10.0 Å². The van der Waals surface area contributed by atoms with Crippen LogP contribution in [0.1, 0.15) is 48.9 Å². The summed E-state index contributed by atoms with van der Waals surface area (Å²) in [5, 5.41) is 2.81. The number of nitrogens with one attached hydrogen (secondary N) is 1. The summed E-state index contributed by atoms with van der Waals surface area (Å²) in [7, 11) is -2.28. The number of benzene rings is 1. The van der Waals surface area contributed by atoms with Crippen LogP contribution in [0.5, 0.6) is 5.75 Å². The predicted molar refractivity (Wildman–Crippen MR) is 103 cm³/mol. The van der Waals surface area contributed by atoms with E-state index in [1.807, 2.05) is 0 Å². The number of hydrogen-bond donors (Lipinski definition) is 2. The molecule has 1 aliphatic carbocycles. The first-order valence-electron chi connectivity index (χ1n) is 9.65. The number of methoxy groups -OCH3 is 1. The van der Waals surface area contributed by atoms with Gasteiger partial charge in [-0.3, -0.25) is 4.79 Å². The summed E-state index contributed by atoms with van der Waals surface area (Å²) in [6.07, 6.45) is 5.98. The third-order valence-corrected chi connectivity index (χ3v) is 7.25. The molecule has 150 valence electrons. The summed E-state index contributed by atoms with van der Waals surface area (Å²) >= 11 is 0. The number of carbonyl (C=O) groups excluding carboxylic acids is 1. The Hall–Kier alpha value is -1.64. The molecule has 0 bridgehead atoms. The van der Waals surface area contributed by atoms with Crippen LogP contribution >= 0.6 is 0 Å². The van der Waals surface area contributed by atoms with Crippen LogP contribution in [0.4, 0.5) is 0 Å². The van der Waals surface area contributed by atoms with Crippen LogP contribution in [-0.4, -0.2) is 51.4 Å². The lowest BCUT2D eigenvalue weighted by Gasteiger charge is -2.21. The van der Waals surface area contributed by atoms with Gasteiger partial charge in [-0.1, -0.05) is 12.8 Å². The van der Waals surface area contributed by atoms with Crippen LogP contribution < -0.4 is 15.8 Å². The summed E-state index contributed by atoms with van der Waals surface area (Å²) in [4.78, 5) is 12.5. The lowest BCUT2D eigenvalue weighted by molar-refractivity contribution is 0.0950. The van der Waals surface area contributed by atoms with Crippen molar-refractivity contribution in [3.63, 3.8) is 0 Å². The van der Waals surface area contributed by atoms with Crippen molar-refractivity contribution in [2.45, 2.75) is 49.5 Å². The Kier molecular flexibility index (Phi) is 6.39. The van der Waals surface area contributed by atoms with Crippen LogP contribution in [-0.2, 0) is 10.0 Å². The largest absolute Gasteiger partial charge is 0.495 e. The van der Waals surface area contributed by atoms with Gasteiger partial charge in [-0.25, -0.2) is 8.42 Å². The third-order valence-electron chi connectivity index (χ3n) is 5.33. The molecule has 2 aliphatic rings. The topological polar surface area (TPSA) is 102 Å². The van der Waals surface area contributed by atoms with Crippen LogP contribution in [0.25, 0.3) is 0 Å². The molecule has 1 amide bonds. The minimum Gasteiger partial charge on any atom is -0.495 e. The molecule has 0 aromatic heterocycles. The van der Waals surface area contributed by atoms with E-state index in [1.54, 1.807) is 12.1 Å². The van der Waals surface area contributed by atoms with Crippen molar-refractivity contribution in [3.05, 3.63) is 23.8 Å². The summed E-state index contributed by atoms with van der Waals surface area (Å²) in [5.41, 5.74) is 6.32. The van der Waals surface area contributed by atoms with Crippen LogP contribution in [0.2, 0.25) is 0 Å². The number of nitrogens with two attached hydrogens (primary N) is 1. The lowest BCUT2D eigenvalue weighted by Crippen LogP contribution is -2.38. The van der Waals surface area contributed by atoms with Crippen molar-refractivity contribution in [1.82, 2.24) is 9.62 Å². The molecule has 1 atom stereocenters. The minimum atomic E-state index is -3.72. The highest BCUT2D eigenvalue weighted by Crippen LogP contribution is 2.31. The Bertz CT molecular complexity index is 769. The predicted octanol–water partition coefficient (Wildman–Crippen LogP) is 1.73. The number of amides is 1. The maximum absolute atomic E-state index is 13.2. The number of carbonyl (C=O) groups is 1. The normalized spacial score (nSPS) is 19.9. The molecule has 1 saturated heterocycles. The Balaban J connectivity index is 1.80. The van der Waals surface area contributed by atoms with Crippen molar-refractivity contribution < 1.29 is 17.9 Å². The fourth-order valence-corrected chi connectivity index (χ4v) is 5.14. The third kappa shape index (κ3) is 4.80. The van der Waals surface area contributed by atoms with Gasteiger partial charge in [0, 0.05) is 31.2 Å². The molecule has 2 fully saturated rings. The maximum Gasteiger partial charge on any atom is 0.251 e. The van der Waals surface area contributed by atoms with Crippen molar-refractivity contribution in [1.29, 1.82) is 0 Å². The highest BCUT2D eigenvalue weighted by Gasteiger charge is 2.30. The van der Waals surface area contributed by atoms with Gasteiger partial charge in [0.15, 0.2) is 0 Å². The van der Waals surface area contributed by atoms with E-state index < -0.39 is 10.0 Å². The zero-order valence-electron chi connectivity index (χ0n) is 15.8. The minimum absolute atomic E-state index is 0.0473. The van der Waals surface area contributed by atoms with Crippen molar-refractivity contribution >= 4 is 15.9 Å². The first-order chi connectivity index (χ1) is 12.9. The van der Waals surface area contributed by atoms with Gasteiger partial charge in [-0.05, 0) is 49.8 Å². The molecule has 0 radical (unpaired) electrons. The van der Waals surface area contributed by atoms with Gasteiger partial charge in [0.05, 0.1) is 7.11 Å². The molecular formula is C19H29N3O4S. The standard InChI is InChI=1S/C19H29N3O4S/c1-26-17-9-8-15(19(23)21-13-16(20)14-6-7-14)12-18(17)27(24,25)22-10-4-2-3-5-11-22/h8-9,12,14,16H,2-7,10-11,13,20H2,1H3,(H,21,23). The Morgan fingerprint density at radius 2 is 1.93 bits per heavy atom. The fourth-order valence-electron chi connectivity index (χ4n) is 3.44. The van der Waals surface area contributed by atoms with Crippen molar-refractivity contribution in [2.75, 3.05) is 26.7 Å². The molecule has 8 heteroatoms. The molecule has 27 heavy (non-hydrogen) atoms. The van der Waals surface area contributed by atoms with Crippen molar-refractivity contribution in [2.24, 2.45) is 11.7 Å². The molecular weight excluding hydrogens is 366 g/mol. The lowest BCUT2D eigenvalue weighted by atomic mass is 10.1. The molecule has 3 N–H and O–H groups in total. The van der Waals surface area contributed by atoms with E-state index in [-0.39, 0.29) is 22.6 Å². The second-order valence-electron chi connectivity index (χ2n) is 7.40. The second-order valence-corrected chi connectivity index (χ2v) is 9.30. The SMILES string of the molecule is COc1ccc(C(=O)NCC(N)C2CC2)cc1S(=O)(=O)N1CCCCCC1. The Morgan fingerprint density at radius 3 is 2.52 bits per heavy atom. The first-order valence-corrected chi connectivity index (χ1v) is 11.1. The van der Waals surface area contributed by atoms with E-state index in [4.69, 9.17) is 10.5 Å². The molecule has 1 aliphatic heterocycles. The Labute approximate surface area is 161 Å². The van der Waals surface area contributed by atoms with Crippen LogP contribution in [0, 0.1) is 5.92 Å². The molecule has 1 saturated carbocycles. The highest BCUT2D eigenvalue weighted by molar-refractivity contribution is 7.89. The molecule has 1 aromatic carbocycles. The summed E-state index contributed by atoms with van der Waals surface area (Å²) in [5.74, 6) is 0.423. The summed E-state index contributed by atoms with van der Waals surface area (Å²) < 4.78 is 33.1. The molecule has 1 heterocycles. The average Bonchev–Trinajstić information content (AvgIpc) is 3.52. The molecule has 0 spiro atoms. The fraction of sp³-hybridized carbons (Fsp3) is 0.632. The van der Waals surface area contributed by atoms with E-state index in [2.05, 4.69) is 5.32 Å². The van der Waals surface area contributed by atoms with Crippen LogP contribution in [0.3, 0.4) is 0 Å². The second kappa shape index (κ2) is 8.58. The van der Waals surface area contributed by atoms with Crippen LogP contribution in [0.15, 0.2) is 23.1 Å². The van der Waals surface area contributed by atoms with E-state index in [0.29, 0.717) is 31.1 Å². The number of nitrogens with zero attached hydrogens (tertiary/aromatic N) is 1. The first kappa shape index (κ1) is 20.1. The zero-order chi connectivity index (χ0) is 19.4. The smallest absolute Gasteiger partial charge is 0.251 e. The van der Waals surface area contributed by atoms with E-state index in [9.17, 15) is 13.2 Å². The zero-order valence-corrected chi connectivity index (χ0v) is 16.6. The monoisotopic (exact) mass is 395 g/mol. The number of ether oxygens (including phenoxy) is 1. The van der Waals surface area contributed by atoms with Gasteiger partial charge in [0.25, 0.3) is 5.91 Å². The number of hydrogen-bond acceptors (Lipinski definition) is 5. The average molecular weight is 396 g/mol. The van der Waals surface area contributed by atoms with E-state index >= 15 is 0 Å². The molecule has 1 aromatic rings. The summed E-state index contributed by atoms with van der Waals surface area (Å²) in [6.45, 7) is 1.39. The van der Waals surface area contributed by atoms with Crippen molar-refractivity contribution in [3.8, 4) is 5.75 Å². The van der Waals surface area contributed by atoms with Gasteiger partial charge in [0.1, 0.15) is 10.6 Å². The number of rotatable bonds is 7. The summed E-state index contributed by atoms with van der Waals surface area (Å²) in [6, 6.07) is 4.49. The number of sulfonamides is 1. The van der Waals surface area contributed by atoms with Gasteiger partial charge in [-0.2, -0.15) is 4.31 Å². The Morgan fingerprint density at radius 1 is 1.26 bits per heavy atom. The molecule has 7 nitrogen and oxygen atoms in total. The van der Waals surface area contributed by atoms with E-state index in [0.717, 1.165) is 38.5 Å².